The third-order valence-electron chi connectivity index (χ3n) is 5.14. The standard InChI is InChI=1S/C24H19N3O3S/c1-15-20(16-6-4-3-5-7-16)21-23(31-15)25-14-27(24(21)28)12-18-13-30-22(26-18)17-8-10-19(29-2)11-9-17/h3-11,13-14H,12H2,1-2H3. The van der Waals surface area contributed by atoms with E-state index in [0.717, 1.165) is 32.1 Å². The molecule has 3 heterocycles. The molecule has 0 radical (unpaired) electrons. The van der Waals surface area contributed by atoms with Gasteiger partial charge in [-0.25, -0.2) is 9.97 Å². The number of benzene rings is 2. The Bertz CT molecular complexity index is 1420. The maximum Gasteiger partial charge on any atom is 0.263 e. The molecule has 0 unspecified atom stereocenters. The molecule has 0 aliphatic rings. The van der Waals surface area contributed by atoms with E-state index in [1.165, 1.54) is 11.3 Å². The van der Waals surface area contributed by atoms with Gasteiger partial charge in [-0.3, -0.25) is 9.36 Å². The number of methoxy groups -OCH3 is 1. The van der Waals surface area contributed by atoms with Gasteiger partial charge in [-0.1, -0.05) is 30.3 Å². The van der Waals surface area contributed by atoms with Crippen molar-refractivity contribution in [3.63, 3.8) is 0 Å². The smallest absolute Gasteiger partial charge is 0.263 e. The lowest BCUT2D eigenvalue weighted by Gasteiger charge is -2.05. The highest BCUT2D eigenvalue weighted by Crippen LogP contribution is 2.35. The Kier molecular flexibility index (Phi) is 4.88. The summed E-state index contributed by atoms with van der Waals surface area (Å²) >= 11 is 1.54. The fourth-order valence-corrected chi connectivity index (χ4v) is 4.63. The molecule has 0 bridgehead atoms. The van der Waals surface area contributed by atoms with E-state index in [9.17, 15) is 4.79 Å². The Morgan fingerprint density at radius 2 is 1.84 bits per heavy atom. The molecule has 5 rings (SSSR count). The third-order valence-corrected chi connectivity index (χ3v) is 6.15. The molecule has 5 aromatic rings. The van der Waals surface area contributed by atoms with Gasteiger partial charge in [-0.15, -0.1) is 11.3 Å². The first-order valence-electron chi connectivity index (χ1n) is 9.77. The van der Waals surface area contributed by atoms with Crippen molar-refractivity contribution in [3.05, 3.63) is 88.1 Å². The molecule has 31 heavy (non-hydrogen) atoms. The van der Waals surface area contributed by atoms with Crippen molar-refractivity contribution >= 4 is 21.6 Å². The molecule has 2 aromatic carbocycles. The Labute approximate surface area is 182 Å². The van der Waals surface area contributed by atoms with Crippen LogP contribution >= 0.6 is 11.3 Å². The number of thiophene rings is 1. The lowest BCUT2D eigenvalue weighted by Crippen LogP contribution is -2.21. The van der Waals surface area contributed by atoms with Crippen LogP contribution in [-0.2, 0) is 6.54 Å². The summed E-state index contributed by atoms with van der Waals surface area (Å²) in [4.78, 5) is 24.3. The van der Waals surface area contributed by atoms with Crippen LogP contribution in [0.2, 0.25) is 0 Å². The van der Waals surface area contributed by atoms with Crippen LogP contribution in [0.5, 0.6) is 5.75 Å². The number of ether oxygens (including phenoxy) is 1. The van der Waals surface area contributed by atoms with Gasteiger partial charge in [-0.2, -0.15) is 0 Å². The fraction of sp³-hybridized carbons (Fsp3) is 0.125. The summed E-state index contributed by atoms with van der Waals surface area (Å²) in [5.74, 6) is 1.26. The highest BCUT2D eigenvalue weighted by Gasteiger charge is 2.17. The highest BCUT2D eigenvalue weighted by molar-refractivity contribution is 7.19. The van der Waals surface area contributed by atoms with E-state index in [4.69, 9.17) is 9.15 Å². The van der Waals surface area contributed by atoms with Crippen LogP contribution < -0.4 is 10.3 Å². The highest BCUT2D eigenvalue weighted by atomic mass is 32.1. The van der Waals surface area contributed by atoms with Crippen molar-refractivity contribution in [2.24, 2.45) is 0 Å². The molecule has 0 saturated heterocycles. The van der Waals surface area contributed by atoms with Crippen molar-refractivity contribution in [1.82, 2.24) is 14.5 Å². The predicted molar refractivity (Wildman–Crippen MR) is 122 cm³/mol. The average molecular weight is 430 g/mol. The first kappa shape index (κ1) is 19.3. The summed E-state index contributed by atoms with van der Waals surface area (Å²) in [6.45, 7) is 2.31. The van der Waals surface area contributed by atoms with Crippen molar-refractivity contribution < 1.29 is 9.15 Å². The quantitative estimate of drug-likeness (QED) is 0.387. The number of fused-ring (bicyclic) bond motifs is 1. The van der Waals surface area contributed by atoms with Gasteiger partial charge in [0.1, 0.15) is 16.8 Å². The molecular formula is C24H19N3O3S. The van der Waals surface area contributed by atoms with E-state index >= 15 is 0 Å². The molecule has 0 aliphatic heterocycles. The van der Waals surface area contributed by atoms with Crippen LogP contribution in [0.15, 0.2) is 76.4 Å². The second-order valence-corrected chi connectivity index (χ2v) is 8.33. The molecule has 7 heteroatoms. The zero-order chi connectivity index (χ0) is 21.4. The minimum atomic E-state index is -0.0813. The zero-order valence-corrected chi connectivity index (χ0v) is 17.8. The monoisotopic (exact) mass is 429 g/mol. The molecule has 0 N–H and O–H groups in total. The van der Waals surface area contributed by atoms with E-state index in [1.807, 2.05) is 61.5 Å². The second kappa shape index (κ2) is 7.85. The lowest BCUT2D eigenvalue weighted by molar-refractivity contribution is 0.415. The Morgan fingerprint density at radius 3 is 2.58 bits per heavy atom. The third kappa shape index (κ3) is 3.53. The van der Waals surface area contributed by atoms with Crippen LogP contribution in [0.3, 0.4) is 0 Å². The number of aromatic nitrogens is 3. The normalized spacial score (nSPS) is 11.2. The molecular weight excluding hydrogens is 410 g/mol. The van der Waals surface area contributed by atoms with E-state index in [1.54, 1.807) is 24.3 Å². The van der Waals surface area contributed by atoms with Gasteiger partial charge >= 0.3 is 0 Å². The summed E-state index contributed by atoms with van der Waals surface area (Å²) in [5, 5.41) is 0.648. The fourth-order valence-electron chi connectivity index (χ4n) is 3.62. The Balaban J connectivity index is 1.51. The maximum atomic E-state index is 13.3. The van der Waals surface area contributed by atoms with Crippen molar-refractivity contribution in [1.29, 1.82) is 0 Å². The molecule has 0 atom stereocenters. The molecule has 0 saturated carbocycles. The number of oxazole rings is 1. The summed E-state index contributed by atoms with van der Waals surface area (Å²) < 4.78 is 12.4. The maximum absolute atomic E-state index is 13.3. The lowest BCUT2D eigenvalue weighted by atomic mass is 10.0. The van der Waals surface area contributed by atoms with Crippen molar-refractivity contribution in [2.45, 2.75) is 13.5 Å². The first-order chi connectivity index (χ1) is 15.1. The number of rotatable bonds is 5. The van der Waals surface area contributed by atoms with Gasteiger partial charge < -0.3 is 9.15 Å². The SMILES string of the molecule is COc1ccc(-c2nc(Cn3cnc4sc(C)c(-c5ccccc5)c4c3=O)co2)cc1. The zero-order valence-electron chi connectivity index (χ0n) is 17.0. The first-order valence-corrected chi connectivity index (χ1v) is 10.6. The average Bonchev–Trinajstić information content (AvgIpc) is 3.40. The van der Waals surface area contributed by atoms with E-state index in [2.05, 4.69) is 9.97 Å². The van der Waals surface area contributed by atoms with Crippen molar-refractivity contribution in [2.75, 3.05) is 7.11 Å². The second-order valence-electron chi connectivity index (χ2n) is 7.13. The summed E-state index contributed by atoms with van der Waals surface area (Å²) in [6, 6.07) is 17.4. The van der Waals surface area contributed by atoms with Crippen LogP contribution in [0.25, 0.3) is 32.8 Å². The van der Waals surface area contributed by atoms with Gasteiger partial charge in [0.15, 0.2) is 0 Å². The summed E-state index contributed by atoms with van der Waals surface area (Å²) in [6.07, 6.45) is 3.16. The Morgan fingerprint density at radius 1 is 1.06 bits per heavy atom. The number of hydrogen-bond donors (Lipinski definition) is 0. The predicted octanol–water partition coefficient (Wildman–Crippen LogP) is 5.15. The molecule has 0 fully saturated rings. The summed E-state index contributed by atoms with van der Waals surface area (Å²) in [5.41, 5.74) is 3.38. The van der Waals surface area contributed by atoms with E-state index in [-0.39, 0.29) is 12.1 Å². The topological polar surface area (TPSA) is 70.2 Å². The molecule has 0 aliphatic carbocycles. The van der Waals surface area contributed by atoms with Gasteiger partial charge in [0, 0.05) is 16.0 Å². The molecule has 154 valence electrons. The van der Waals surface area contributed by atoms with Crippen LogP contribution in [0, 0.1) is 6.92 Å². The minimum absolute atomic E-state index is 0.0813. The number of hydrogen-bond acceptors (Lipinski definition) is 6. The van der Waals surface area contributed by atoms with Crippen LogP contribution in [0.4, 0.5) is 0 Å². The molecule has 6 nitrogen and oxygen atoms in total. The van der Waals surface area contributed by atoms with Gasteiger partial charge in [0.25, 0.3) is 5.56 Å². The molecule has 0 amide bonds. The summed E-state index contributed by atoms with van der Waals surface area (Å²) in [7, 11) is 1.62. The van der Waals surface area contributed by atoms with Gasteiger partial charge in [0.2, 0.25) is 5.89 Å². The van der Waals surface area contributed by atoms with Crippen molar-refractivity contribution in [3.8, 4) is 28.3 Å². The Hall–Kier alpha value is -3.71. The van der Waals surface area contributed by atoms with Gasteiger partial charge in [-0.05, 0) is 36.8 Å². The molecule has 3 aromatic heterocycles. The molecule has 0 spiro atoms. The van der Waals surface area contributed by atoms with Crippen LogP contribution in [0.1, 0.15) is 10.6 Å². The largest absolute Gasteiger partial charge is 0.497 e. The van der Waals surface area contributed by atoms with E-state index in [0.29, 0.717) is 17.0 Å². The van der Waals surface area contributed by atoms with Gasteiger partial charge in [0.05, 0.1) is 31.1 Å². The van der Waals surface area contributed by atoms with Crippen LogP contribution in [-0.4, -0.2) is 21.6 Å². The van der Waals surface area contributed by atoms with E-state index < -0.39 is 0 Å². The number of nitrogens with zero attached hydrogens (tertiary/aromatic N) is 3. The number of aryl methyl sites for hydroxylation is 1. The minimum Gasteiger partial charge on any atom is -0.497 e.